The molecule has 0 aromatic carbocycles. The van der Waals surface area contributed by atoms with Gasteiger partial charge in [-0.2, -0.15) is 0 Å². The molecule has 0 rings (SSSR count). The molecule has 0 saturated carbocycles. The highest BCUT2D eigenvalue weighted by atomic mass is 16.7. The van der Waals surface area contributed by atoms with Crippen molar-refractivity contribution in [2.45, 2.75) is 84.0 Å². The standard InChI is InChI=1S/C20H43N3O3/c1-2-3-4-5-6-7-8-9-10-11-16-23(17-12-14-21)18-13-15-22-19-26-20(24)25/h22H,2-19,21H2,1H3,(H,24,25). The highest BCUT2D eigenvalue weighted by Gasteiger charge is 2.04. The molecular formula is C20H43N3O3. The average molecular weight is 374 g/mol. The van der Waals surface area contributed by atoms with E-state index in [9.17, 15) is 4.79 Å². The number of nitrogens with two attached hydrogens (primary N) is 1. The monoisotopic (exact) mass is 373 g/mol. The van der Waals surface area contributed by atoms with E-state index in [4.69, 9.17) is 10.8 Å². The molecule has 0 heterocycles. The largest absolute Gasteiger partial charge is 0.507 e. The van der Waals surface area contributed by atoms with Gasteiger partial charge in [0.05, 0.1) is 0 Å². The van der Waals surface area contributed by atoms with E-state index in [1.807, 2.05) is 0 Å². The smallest absolute Gasteiger partial charge is 0.450 e. The summed E-state index contributed by atoms with van der Waals surface area (Å²) in [4.78, 5) is 12.7. The number of rotatable bonds is 20. The van der Waals surface area contributed by atoms with Gasteiger partial charge in [-0.3, -0.25) is 5.32 Å². The van der Waals surface area contributed by atoms with Gasteiger partial charge in [-0.25, -0.2) is 4.79 Å². The Morgan fingerprint density at radius 3 is 2.00 bits per heavy atom. The van der Waals surface area contributed by atoms with Gasteiger partial charge < -0.3 is 20.5 Å². The van der Waals surface area contributed by atoms with Crippen LogP contribution in [0.15, 0.2) is 0 Å². The Morgan fingerprint density at radius 2 is 1.42 bits per heavy atom. The second-order valence-corrected chi connectivity index (χ2v) is 7.07. The maximum absolute atomic E-state index is 10.2. The van der Waals surface area contributed by atoms with Crippen LogP contribution in [0.2, 0.25) is 0 Å². The van der Waals surface area contributed by atoms with Gasteiger partial charge >= 0.3 is 6.16 Å². The summed E-state index contributed by atoms with van der Waals surface area (Å²) in [6.45, 7) is 7.06. The first-order chi connectivity index (χ1) is 12.7. The minimum absolute atomic E-state index is 0.0660. The Morgan fingerprint density at radius 1 is 0.885 bits per heavy atom. The molecule has 0 atom stereocenters. The zero-order chi connectivity index (χ0) is 19.3. The Balaban J connectivity index is 3.56. The number of unbranched alkanes of at least 4 members (excludes halogenated alkanes) is 9. The van der Waals surface area contributed by atoms with Crippen LogP contribution in [0.3, 0.4) is 0 Å². The van der Waals surface area contributed by atoms with Crippen LogP contribution in [0.1, 0.15) is 84.0 Å². The van der Waals surface area contributed by atoms with Crippen LogP contribution in [0, 0.1) is 0 Å². The van der Waals surface area contributed by atoms with E-state index in [1.54, 1.807) is 0 Å². The molecule has 0 aliphatic carbocycles. The van der Waals surface area contributed by atoms with Gasteiger partial charge in [0, 0.05) is 0 Å². The first-order valence-electron chi connectivity index (χ1n) is 10.7. The van der Waals surface area contributed by atoms with Gasteiger partial charge in [0.15, 0.2) is 0 Å². The van der Waals surface area contributed by atoms with Gasteiger partial charge in [-0.15, -0.1) is 0 Å². The second kappa shape index (κ2) is 20.5. The lowest BCUT2D eigenvalue weighted by Gasteiger charge is -2.22. The van der Waals surface area contributed by atoms with E-state index in [2.05, 4.69) is 21.9 Å². The topological polar surface area (TPSA) is 87.8 Å². The van der Waals surface area contributed by atoms with Gasteiger partial charge in [0.2, 0.25) is 0 Å². The van der Waals surface area contributed by atoms with Crippen molar-refractivity contribution in [1.29, 1.82) is 0 Å². The van der Waals surface area contributed by atoms with Crippen LogP contribution in [-0.2, 0) is 4.74 Å². The van der Waals surface area contributed by atoms with Gasteiger partial charge in [-0.05, 0) is 52.0 Å². The first kappa shape index (κ1) is 25.1. The van der Waals surface area contributed by atoms with Crippen LogP contribution in [-0.4, -0.2) is 55.6 Å². The van der Waals surface area contributed by atoms with Crippen molar-refractivity contribution >= 4 is 6.16 Å². The lowest BCUT2D eigenvalue weighted by molar-refractivity contribution is 0.0841. The van der Waals surface area contributed by atoms with Crippen LogP contribution in [0.5, 0.6) is 0 Å². The summed E-state index contributed by atoms with van der Waals surface area (Å²) in [6.07, 6.45) is 14.4. The number of hydrogen-bond donors (Lipinski definition) is 3. The van der Waals surface area contributed by atoms with Crippen LogP contribution < -0.4 is 11.1 Å². The fourth-order valence-corrected chi connectivity index (χ4v) is 3.09. The minimum Gasteiger partial charge on any atom is -0.450 e. The molecule has 0 aliphatic rings. The molecule has 0 spiro atoms. The molecule has 4 N–H and O–H groups in total. The fraction of sp³-hybridized carbons (Fsp3) is 0.950. The lowest BCUT2D eigenvalue weighted by atomic mass is 10.1. The fourth-order valence-electron chi connectivity index (χ4n) is 3.09. The molecule has 0 aliphatic heterocycles. The summed E-state index contributed by atoms with van der Waals surface area (Å²) < 4.78 is 4.43. The van der Waals surface area contributed by atoms with Crippen molar-refractivity contribution in [2.75, 3.05) is 39.5 Å². The maximum Gasteiger partial charge on any atom is 0.507 e. The van der Waals surface area contributed by atoms with E-state index in [1.165, 1.54) is 64.2 Å². The van der Waals surface area contributed by atoms with Crippen molar-refractivity contribution in [3.8, 4) is 0 Å². The predicted molar refractivity (Wildman–Crippen MR) is 109 cm³/mol. The van der Waals surface area contributed by atoms with Crippen molar-refractivity contribution in [2.24, 2.45) is 5.73 Å². The SMILES string of the molecule is CCCCCCCCCCCCN(CCCN)CCCNCOC(=O)O. The van der Waals surface area contributed by atoms with Gasteiger partial charge in [-0.1, -0.05) is 64.7 Å². The summed E-state index contributed by atoms with van der Waals surface area (Å²) in [5.41, 5.74) is 5.64. The molecule has 156 valence electrons. The molecule has 0 amide bonds. The third-order valence-corrected chi connectivity index (χ3v) is 4.63. The first-order valence-corrected chi connectivity index (χ1v) is 10.7. The number of hydrogen-bond acceptors (Lipinski definition) is 5. The third kappa shape index (κ3) is 19.5. The quantitative estimate of drug-likeness (QED) is 0.168. The maximum atomic E-state index is 10.2. The van der Waals surface area contributed by atoms with Crippen LogP contribution >= 0.6 is 0 Å². The van der Waals surface area contributed by atoms with Crippen LogP contribution in [0.4, 0.5) is 4.79 Å². The van der Waals surface area contributed by atoms with Crippen molar-refractivity contribution in [3.05, 3.63) is 0 Å². The van der Waals surface area contributed by atoms with E-state index in [0.717, 1.165) is 45.6 Å². The molecule has 0 aromatic rings. The minimum atomic E-state index is -1.23. The van der Waals surface area contributed by atoms with E-state index in [0.29, 0.717) is 0 Å². The second-order valence-electron chi connectivity index (χ2n) is 7.07. The molecule has 0 aromatic heterocycles. The Bertz CT molecular complexity index is 304. The molecule has 0 radical (unpaired) electrons. The lowest BCUT2D eigenvalue weighted by Crippen LogP contribution is -2.31. The van der Waals surface area contributed by atoms with E-state index < -0.39 is 6.16 Å². The Labute approximate surface area is 160 Å². The predicted octanol–water partition coefficient (Wildman–Crippen LogP) is 4.19. The summed E-state index contributed by atoms with van der Waals surface area (Å²) in [5.74, 6) is 0. The van der Waals surface area contributed by atoms with Crippen molar-refractivity contribution in [3.63, 3.8) is 0 Å². The number of ether oxygens (including phenoxy) is 1. The number of carboxylic acid groups (broad SMARTS) is 1. The molecule has 0 bridgehead atoms. The molecule has 26 heavy (non-hydrogen) atoms. The third-order valence-electron chi connectivity index (χ3n) is 4.63. The normalized spacial score (nSPS) is 11.2. The van der Waals surface area contributed by atoms with Gasteiger partial charge in [0.25, 0.3) is 0 Å². The van der Waals surface area contributed by atoms with Crippen molar-refractivity contribution < 1.29 is 14.6 Å². The number of nitrogens with zero attached hydrogens (tertiary/aromatic N) is 1. The number of nitrogens with one attached hydrogen (secondary N) is 1. The molecule has 0 saturated heterocycles. The summed E-state index contributed by atoms with van der Waals surface area (Å²) >= 11 is 0. The zero-order valence-corrected chi connectivity index (χ0v) is 17.0. The molecular weight excluding hydrogens is 330 g/mol. The van der Waals surface area contributed by atoms with E-state index >= 15 is 0 Å². The zero-order valence-electron chi connectivity index (χ0n) is 17.0. The van der Waals surface area contributed by atoms with Crippen molar-refractivity contribution in [1.82, 2.24) is 10.2 Å². The highest BCUT2D eigenvalue weighted by molar-refractivity contribution is 5.56. The molecule has 0 fully saturated rings. The number of carbonyl (C=O) groups is 1. The molecule has 0 unspecified atom stereocenters. The molecule has 6 nitrogen and oxygen atoms in total. The Kier molecular flexibility index (Phi) is 19.8. The van der Waals surface area contributed by atoms with E-state index in [-0.39, 0.29) is 6.73 Å². The Hall–Kier alpha value is -0.850. The summed E-state index contributed by atoms with van der Waals surface area (Å²) in [5, 5.41) is 11.4. The average Bonchev–Trinajstić information content (AvgIpc) is 2.63. The summed E-state index contributed by atoms with van der Waals surface area (Å²) in [6, 6.07) is 0. The highest BCUT2D eigenvalue weighted by Crippen LogP contribution is 2.11. The summed E-state index contributed by atoms with van der Waals surface area (Å²) in [7, 11) is 0. The van der Waals surface area contributed by atoms with Gasteiger partial charge in [0.1, 0.15) is 6.73 Å². The van der Waals surface area contributed by atoms with Crippen LogP contribution in [0.25, 0.3) is 0 Å². The molecule has 6 heteroatoms.